The molecule has 0 radical (unpaired) electrons. The first-order valence-corrected chi connectivity index (χ1v) is 13.9. The third-order valence-electron chi connectivity index (χ3n) is 7.80. The van der Waals surface area contributed by atoms with Gasteiger partial charge in [-0.05, 0) is 36.3 Å². The molecule has 0 bridgehead atoms. The van der Waals surface area contributed by atoms with E-state index in [1.54, 1.807) is 12.4 Å². The summed E-state index contributed by atoms with van der Waals surface area (Å²) in [5, 5.41) is 0.976. The molecule has 3 aromatic heterocycles. The molecule has 2 aliphatic rings. The van der Waals surface area contributed by atoms with Crippen molar-refractivity contribution in [1.29, 1.82) is 0 Å². The predicted molar refractivity (Wildman–Crippen MR) is 149 cm³/mol. The van der Waals surface area contributed by atoms with Gasteiger partial charge < -0.3 is 14.2 Å². The second-order valence-corrected chi connectivity index (χ2v) is 11.2. The van der Waals surface area contributed by atoms with Gasteiger partial charge in [-0.25, -0.2) is 9.97 Å². The van der Waals surface area contributed by atoms with Gasteiger partial charge in [0.05, 0.1) is 41.0 Å². The molecule has 37 heavy (non-hydrogen) atoms. The summed E-state index contributed by atoms with van der Waals surface area (Å²) in [7, 11) is 0. The lowest BCUT2D eigenvalue weighted by atomic mass is 9.83. The summed E-state index contributed by atoms with van der Waals surface area (Å²) in [4.78, 5) is 16.7. The van der Waals surface area contributed by atoms with Gasteiger partial charge in [0.25, 0.3) is 0 Å². The molecule has 0 amide bonds. The van der Waals surface area contributed by atoms with E-state index < -0.39 is 0 Å². The fraction of sp³-hybridized carbons (Fsp3) is 0.414. The number of pyridine rings is 2. The minimum Gasteiger partial charge on any atom is -0.377 e. The molecule has 1 aliphatic carbocycles. The van der Waals surface area contributed by atoms with Gasteiger partial charge in [0, 0.05) is 37.1 Å². The highest BCUT2D eigenvalue weighted by Gasteiger charge is 2.31. The maximum absolute atomic E-state index is 6.55. The monoisotopic (exact) mass is 535 g/mol. The molecule has 6 rings (SSSR count). The van der Waals surface area contributed by atoms with E-state index in [0.29, 0.717) is 29.3 Å². The number of nitrogens with zero attached hydrogens (tertiary/aromatic N) is 5. The van der Waals surface area contributed by atoms with Crippen LogP contribution in [0.3, 0.4) is 0 Å². The minimum absolute atomic E-state index is 0.0802. The van der Waals surface area contributed by atoms with Crippen LogP contribution in [0.2, 0.25) is 10.2 Å². The molecule has 1 saturated heterocycles. The summed E-state index contributed by atoms with van der Waals surface area (Å²) in [6.07, 6.45) is 8.42. The van der Waals surface area contributed by atoms with Crippen molar-refractivity contribution in [3.63, 3.8) is 0 Å². The van der Waals surface area contributed by atoms with Crippen LogP contribution in [-0.2, 0) is 11.3 Å². The molecule has 2 fully saturated rings. The molecule has 4 heterocycles. The quantitative estimate of drug-likeness (QED) is 0.253. The molecule has 1 saturated carbocycles. The Labute approximate surface area is 227 Å². The number of aromatic nitrogens is 4. The zero-order chi connectivity index (χ0) is 25.4. The summed E-state index contributed by atoms with van der Waals surface area (Å²) < 4.78 is 8.34. The van der Waals surface area contributed by atoms with Gasteiger partial charge in [0.15, 0.2) is 0 Å². The zero-order valence-electron chi connectivity index (χ0n) is 21.0. The zero-order valence-corrected chi connectivity index (χ0v) is 22.5. The molecule has 1 atom stereocenters. The lowest BCUT2D eigenvalue weighted by Crippen LogP contribution is -2.41. The first kappa shape index (κ1) is 24.7. The predicted octanol–water partition coefficient (Wildman–Crippen LogP) is 7.20. The van der Waals surface area contributed by atoms with Gasteiger partial charge in [0.2, 0.25) is 5.95 Å². The van der Waals surface area contributed by atoms with Crippen LogP contribution in [0, 0.1) is 11.8 Å². The molecule has 0 N–H and O–H groups in total. The Balaban J connectivity index is 1.53. The summed E-state index contributed by atoms with van der Waals surface area (Å²) >= 11 is 12.9. The van der Waals surface area contributed by atoms with Crippen molar-refractivity contribution in [2.45, 2.75) is 45.2 Å². The van der Waals surface area contributed by atoms with Crippen LogP contribution in [0.5, 0.6) is 0 Å². The maximum Gasteiger partial charge on any atom is 0.207 e. The van der Waals surface area contributed by atoms with E-state index in [1.165, 1.54) is 31.2 Å². The molecule has 1 aliphatic heterocycles. The Kier molecular flexibility index (Phi) is 7.06. The van der Waals surface area contributed by atoms with Crippen LogP contribution in [0.15, 0.2) is 54.9 Å². The topological polar surface area (TPSA) is 56.1 Å². The number of rotatable bonds is 5. The van der Waals surface area contributed by atoms with E-state index in [1.807, 2.05) is 12.1 Å². The second kappa shape index (κ2) is 10.6. The molecule has 4 aromatic rings. The number of hydrogen-bond donors (Lipinski definition) is 0. The number of fused-ring (bicyclic) bond motifs is 1. The van der Waals surface area contributed by atoms with Crippen molar-refractivity contribution in [2.24, 2.45) is 11.8 Å². The number of morpholine rings is 1. The molecule has 1 aromatic carbocycles. The summed E-state index contributed by atoms with van der Waals surface area (Å²) in [5.41, 5.74) is 4.66. The first-order chi connectivity index (χ1) is 18.1. The van der Waals surface area contributed by atoms with Gasteiger partial charge in [-0.15, -0.1) is 0 Å². The van der Waals surface area contributed by atoms with Crippen LogP contribution in [0.25, 0.3) is 22.3 Å². The largest absolute Gasteiger partial charge is 0.377 e. The van der Waals surface area contributed by atoms with Crippen LogP contribution < -0.4 is 4.90 Å². The highest BCUT2D eigenvalue weighted by Crippen LogP contribution is 2.39. The number of benzene rings is 1. The Hall–Kier alpha value is -2.67. The number of ether oxygens (including phenoxy) is 1. The number of anilines is 1. The summed E-state index contributed by atoms with van der Waals surface area (Å²) in [6, 6.07) is 14.4. The second-order valence-electron chi connectivity index (χ2n) is 10.4. The average molecular weight is 537 g/mol. The van der Waals surface area contributed by atoms with Gasteiger partial charge in [-0.2, -0.15) is 0 Å². The van der Waals surface area contributed by atoms with E-state index in [-0.39, 0.29) is 6.04 Å². The third kappa shape index (κ3) is 5.07. The van der Waals surface area contributed by atoms with E-state index >= 15 is 0 Å². The summed E-state index contributed by atoms with van der Waals surface area (Å²) in [5.74, 6) is 2.33. The first-order valence-electron chi connectivity index (χ1n) is 13.1. The Bertz CT molecular complexity index is 1380. The van der Waals surface area contributed by atoms with Crippen LogP contribution in [0.1, 0.15) is 44.2 Å². The van der Waals surface area contributed by atoms with Crippen molar-refractivity contribution in [3.05, 3.63) is 70.6 Å². The van der Waals surface area contributed by atoms with Gasteiger partial charge in [-0.1, -0.05) is 73.3 Å². The molecular formula is C29H31Cl2N5O. The van der Waals surface area contributed by atoms with Crippen LogP contribution in [-0.4, -0.2) is 39.3 Å². The normalized spacial score (nSPS) is 22.5. The number of halogens is 2. The van der Waals surface area contributed by atoms with Crippen LogP contribution in [0.4, 0.5) is 5.95 Å². The lowest BCUT2D eigenvalue weighted by Gasteiger charge is -2.37. The number of imidazole rings is 1. The number of hydrogen-bond acceptors (Lipinski definition) is 5. The highest BCUT2D eigenvalue weighted by atomic mass is 35.5. The van der Waals surface area contributed by atoms with E-state index in [4.69, 9.17) is 37.9 Å². The van der Waals surface area contributed by atoms with E-state index in [2.05, 4.69) is 51.7 Å². The maximum atomic E-state index is 6.55. The third-order valence-corrected chi connectivity index (χ3v) is 8.20. The fourth-order valence-corrected chi connectivity index (χ4v) is 6.17. The minimum atomic E-state index is 0.0802. The molecule has 0 spiro atoms. The van der Waals surface area contributed by atoms with Crippen molar-refractivity contribution < 1.29 is 4.74 Å². The summed E-state index contributed by atoms with van der Waals surface area (Å²) in [6.45, 7) is 5.31. The van der Waals surface area contributed by atoms with Gasteiger partial charge >= 0.3 is 0 Å². The smallest absolute Gasteiger partial charge is 0.207 e. The van der Waals surface area contributed by atoms with Crippen molar-refractivity contribution >= 4 is 40.2 Å². The Morgan fingerprint density at radius 3 is 2.59 bits per heavy atom. The fourth-order valence-electron chi connectivity index (χ4n) is 5.81. The Morgan fingerprint density at radius 2 is 1.81 bits per heavy atom. The average Bonchev–Trinajstić information content (AvgIpc) is 3.27. The SMILES string of the molecule is CC1CCC(Cn2c(N3CCOCC3c3ccccc3)nc3cc(Cl)nc(-c4cncc(Cl)c4)c32)CC1. The van der Waals surface area contributed by atoms with E-state index in [0.717, 1.165) is 47.2 Å². The molecular weight excluding hydrogens is 505 g/mol. The van der Waals surface area contributed by atoms with E-state index in [9.17, 15) is 0 Å². The van der Waals surface area contributed by atoms with Crippen molar-refractivity contribution in [2.75, 3.05) is 24.7 Å². The van der Waals surface area contributed by atoms with Gasteiger partial charge in [0.1, 0.15) is 5.15 Å². The van der Waals surface area contributed by atoms with Crippen molar-refractivity contribution in [3.8, 4) is 11.3 Å². The molecule has 192 valence electrons. The molecule has 1 unspecified atom stereocenters. The van der Waals surface area contributed by atoms with Crippen molar-refractivity contribution in [1.82, 2.24) is 19.5 Å². The lowest BCUT2D eigenvalue weighted by molar-refractivity contribution is 0.0927. The molecule has 8 heteroatoms. The van der Waals surface area contributed by atoms with Crippen LogP contribution >= 0.6 is 23.2 Å². The van der Waals surface area contributed by atoms with Gasteiger partial charge in [-0.3, -0.25) is 4.98 Å². The molecule has 6 nitrogen and oxygen atoms in total. The highest BCUT2D eigenvalue weighted by molar-refractivity contribution is 6.31. The Morgan fingerprint density at radius 1 is 1.00 bits per heavy atom. The standard InChI is InChI=1S/C29H31Cl2N5O/c1-19-7-9-20(10-8-19)17-36-28-24(14-26(31)34-27(28)22-13-23(30)16-32-15-22)33-29(36)35-11-12-37-18-25(35)21-5-3-2-4-6-21/h2-6,13-16,19-20,25H,7-12,17-18H2,1H3.